The Labute approximate surface area is 492 Å². The van der Waals surface area contributed by atoms with Gasteiger partial charge < -0.3 is 14.6 Å². The van der Waals surface area contributed by atoms with Crippen LogP contribution in [0.15, 0.2) is 267 Å². The van der Waals surface area contributed by atoms with Crippen LogP contribution in [0.4, 0.5) is 45.5 Å². The monoisotopic (exact) mass is 1080 g/mol. The Morgan fingerprint density at radius 1 is 0.361 bits per heavy atom. The summed E-state index contributed by atoms with van der Waals surface area (Å²) in [6, 6.07) is 100. The lowest BCUT2D eigenvalue weighted by Gasteiger charge is -2.47. The zero-order valence-corrected chi connectivity index (χ0v) is 48.5. The maximum absolute atomic E-state index is 2.69. The molecule has 0 amide bonds. The van der Waals surface area contributed by atoms with Crippen LogP contribution >= 0.6 is 11.3 Å². The summed E-state index contributed by atoms with van der Waals surface area (Å²) in [7, 11) is 0. The molecule has 5 heteroatoms. The van der Waals surface area contributed by atoms with Crippen LogP contribution in [0, 0.1) is 0 Å². The molecule has 13 aromatic rings. The maximum Gasteiger partial charge on any atom is 0.333 e. The summed E-state index contributed by atoms with van der Waals surface area (Å²) in [5.74, 6) is 0. The van der Waals surface area contributed by atoms with Crippen LogP contribution in [-0.4, -0.2) is 6.85 Å². The zero-order chi connectivity index (χ0) is 56.1. The van der Waals surface area contributed by atoms with E-state index in [0.29, 0.717) is 0 Å². The fraction of sp³-hybridized carbons (Fsp3) is 0.103. The average Bonchev–Trinajstić information content (AvgIpc) is 3.84. The number of fused-ring (bicyclic) bond motifs is 9. The lowest BCUT2D eigenvalue weighted by Crippen LogP contribution is -2.61. The first-order valence-electron chi connectivity index (χ1n) is 29.1. The molecule has 2 aliphatic heterocycles. The number of anilines is 8. The Hall–Kier alpha value is -9.42. The molecular formula is C78H62BN3S. The zero-order valence-electron chi connectivity index (χ0n) is 47.7. The van der Waals surface area contributed by atoms with Crippen molar-refractivity contribution in [3.05, 3.63) is 278 Å². The van der Waals surface area contributed by atoms with Crippen LogP contribution in [0.25, 0.3) is 75.5 Å². The van der Waals surface area contributed by atoms with Gasteiger partial charge in [-0.2, -0.15) is 0 Å². The predicted molar refractivity (Wildman–Crippen MR) is 359 cm³/mol. The molecule has 0 atom stereocenters. The number of benzene rings is 12. The maximum atomic E-state index is 2.69. The van der Waals surface area contributed by atoms with E-state index in [1.165, 1.54) is 97.8 Å². The second-order valence-corrected chi connectivity index (χ2v) is 25.6. The van der Waals surface area contributed by atoms with Gasteiger partial charge in [-0.25, -0.2) is 0 Å². The van der Waals surface area contributed by atoms with Crippen LogP contribution in [0.3, 0.4) is 0 Å². The Morgan fingerprint density at radius 3 is 1.58 bits per heavy atom. The van der Waals surface area contributed by atoms with Gasteiger partial charge in [0.05, 0.1) is 5.69 Å². The van der Waals surface area contributed by atoms with Gasteiger partial charge in [-0.1, -0.05) is 224 Å². The fourth-order valence-corrected chi connectivity index (χ4v) is 14.2. The lowest BCUT2D eigenvalue weighted by molar-refractivity contribution is 0.590. The standard InChI is InChI=1S/C78H62BN3S/c1-77(2,3)57-36-39-59(40-37-57)82-70-49-66-64-34-18-19-35-73(64)83-74(66)50-67(70)75-63-33-17-16-28-56(63)46-72-76(75)79(82)68-42-41-62(48-71(68)81(72)69-43-38-58(78(4,5)6)47-65(69)53-26-14-9-15-27-53)80(60-31-20-29-54(44-60)51-22-10-7-11-23-51)61-32-21-30-55(45-61)52-24-12-8-13-25-52/h7-50H,1-6H3. The van der Waals surface area contributed by atoms with Gasteiger partial charge in [-0.3, -0.25) is 0 Å². The Kier molecular flexibility index (Phi) is 12.0. The van der Waals surface area contributed by atoms with Gasteiger partial charge in [-0.15, -0.1) is 11.3 Å². The summed E-state index contributed by atoms with van der Waals surface area (Å²) in [5, 5.41) is 5.05. The second kappa shape index (κ2) is 19.6. The van der Waals surface area contributed by atoms with Gasteiger partial charge in [0.25, 0.3) is 0 Å². The topological polar surface area (TPSA) is 9.72 Å². The van der Waals surface area contributed by atoms with E-state index in [0.717, 1.165) is 45.3 Å². The van der Waals surface area contributed by atoms with E-state index in [-0.39, 0.29) is 17.7 Å². The minimum Gasteiger partial charge on any atom is -0.376 e. The second-order valence-electron chi connectivity index (χ2n) is 24.5. The van der Waals surface area contributed by atoms with Gasteiger partial charge in [-0.05, 0) is 162 Å². The van der Waals surface area contributed by atoms with Crippen molar-refractivity contribution in [3.63, 3.8) is 0 Å². The van der Waals surface area contributed by atoms with Crippen molar-refractivity contribution >= 4 is 106 Å². The first-order chi connectivity index (χ1) is 40.4. The number of thiophene rings is 1. The molecule has 0 unspecified atom stereocenters. The first kappa shape index (κ1) is 50.5. The highest BCUT2D eigenvalue weighted by molar-refractivity contribution is 7.25. The van der Waals surface area contributed by atoms with E-state index in [4.69, 9.17) is 0 Å². The molecule has 398 valence electrons. The summed E-state index contributed by atoms with van der Waals surface area (Å²) in [4.78, 5) is 7.80. The number of hydrogen-bond donors (Lipinski definition) is 0. The average molecular weight is 1080 g/mol. The molecule has 0 bridgehead atoms. The molecule has 2 aliphatic rings. The SMILES string of the molecule is CC(C)(C)c1ccc(N2B3c4ccc(N(c5cccc(-c6ccccc6)c5)c5cccc(-c6ccccc6)c5)cc4N(c4ccc(C(C)(C)C)cc4-c4ccccc4)c4cc5ccccc5c(c43)-c3cc4sc5ccccc5c4cc32)cc1. The summed E-state index contributed by atoms with van der Waals surface area (Å²) in [6.07, 6.45) is 0. The molecule has 15 rings (SSSR count). The van der Waals surface area contributed by atoms with Gasteiger partial charge in [0.1, 0.15) is 0 Å². The van der Waals surface area contributed by atoms with Crippen LogP contribution in [0.5, 0.6) is 0 Å². The van der Waals surface area contributed by atoms with E-state index >= 15 is 0 Å². The largest absolute Gasteiger partial charge is 0.376 e. The summed E-state index contributed by atoms with van der Waals surface area (Å²) in [5.41, 5.74) is 23.7. The fourth-order valence-electron chi connectivity index (χ4n) is 13.1. The third kappa shape index (κ3) is 8.64. The van der Waals surface area contributed by atoms with E-state index < -0.39 is 0 Å². The molecule has 0 spiro atoms. The number of nitrogens with zero attached hydrogens (tertiary/aromatic N) is 3. The van der Waals surface area contributed by atoms with Crippen molar-refractivity contribution in [1.29, 1.82) is 0 Å². The van der Waals surface area contributed by atoms with E-state index in [1.54, 1.807) is 0 Å². The Morgan fingerprint density at radius 2 is 0.928 bits per heavy atom. The summed E-state index contributed by atoms with van der Waals surface area (Å²) in [6.45, 7) is 13.7. The third-order valence-corrected chi connectivity index (χ3v) is 18.4. The van der Waals surface area contributed by atoms with Crippen LogP contribution in [0.1, 0.15) is 52.7 Å². The van der Waals surface area contributed by atoms with Crippen LogP contribution < -0.4 is 25.5 Å². The predicted octanol–water partition coefficient (Wildman–Crippen LogP) is 21.0. The van der Waals surface area contributed by atoms with E-state index in [1.807, 2.05) is 11.3 Å². The van der Waals surface area contributed by atoms with Crippen molar-refractivity contribution < 1.29 is 0 Å². The van der Waals surface area contributed by atoms with Crippen molar-refractivity contribution in [3.8, 4) is 44.5 Å². The van der Waals surface area contributed by atoms with E-state index in [2.05, 4.69) is 323 Å². The van der Waals surface area contributed by atoms with Gasteiger partial charge in [0.15, 0.2) is 0 Å². The smallest absolute Gasteiger partial charge is 0.333 e. The molecule has 0 aliphatic carbocycles. The van der Waals surface area contributed by atoms with E-state index in [9.17, 15) is 0 Å². The molecule has 0 N–H and O–H groups in total. The Balaban J connectivity index is 1.06. The van der Waals surface area contributed by atoms with Crippen LogP contribution in [-0.2, 0) is 10.8 Å². The molecule has 0 saturated carbocycles. The minimum atomic E-state index is -0.217. The molecule has 3 nitrogen and oxygen atoms in total. The quantitative estimate of drug-likeness (QED) is 0.140. The van der Waals surface area contributed by atoms with Crippen molar-refractivity contribution in [2.24, 2.45) is 0 Å². The number of rotatable bonds is 8. The molecule has 1 aromatic heterocycles. The lowest BCUT2D eigenvalue weighted by atomic mass is 9.43. The van der Waals surface area contributed by atoms with Gasteiger partial charge >= 0.3 is 6.85 Å². The first-order valence-corrected chi connectivity index (χ1v) is 29.9. The molecular weight excluding hydrogens is 1020 g/mol. The van der Waals surface area contributed by atoms with Gasteiger partial charge in [0.2, 0.25) is 0 Å². The minimum absolute atomic E-state index is 0.0147. The summed E-state index contributed by atoms with van der Waals surface area (Å²) >= 11 is 1.90. The molecule has 0 saturated heterocycles. The normalized spacial score (nSPS) is 12.9. The molecule has 3 heterocycles. The summed E-state index contributed by atoms with van der Waals surface area (Å²) < 4.78 is 2.60. The van der Waals surface area contributed by atoms with Crippen molar-refractivity contribution in [1.82, 2.24) is 0 Å². The highest BCUT2D eigenvalue weighted by atomic mass is 32.1. The van der Waals surface area contributed by atoms with Crippen molar-refractivity contribution in [2.75, 3.05) is 14.6 Å². The molecule has 0 radical (unpaired) electrons. The van der Waals surface area contributed by atoms with Crippen molar-refractivity contribution in [2.45, 2.75) is 52.4 Å². The number of hydrogen-bond acceptors (Lipinski definition) is 4. The molecule has 83 heavy (non-hydrogen) atoms. The highest BCUT2D eigenvalue weighted by Gasteiger charge is 2.47. The Bertz CT molecular complexity index is 4570. The highest BCUT2D eigenvalue weighted by Crippen LogP contribution is 2.54. The van der Waals surface area contributed by atoms with Gasteiger partial charge in [0, 0.05) is 71.1 Å². The molecule has 0 fully saturated rings. The third-order valence-electron chi connectivity index (χ3n) is 17.3. The van der Waals surface area contributed by atoms with Crippen LogP contribution in [0.2, 0.25) is 0 Å². The molecule has 12 aromatic carbocycles.